The van der Waals surface area contributed by atoms with E-state index in [-0.39, 0.29) is 28.9 Å². The highest BCUT2D eigenvalue weighted by atomic mass is 16.4. The largest absolute Gasteiger partial charge is 0.543 e. The highest BCUT2D eigenvalue weighted by molar-refractivity contribution is 6.00. The monoisotopic (exact) mass is 328 g/mol. The molecule has 1 heterocycles. The number of carboxylic acid groups (broad SMARTS) is 1. The van der Waals surface area contributed by atoms with Crippen molar-refractivity contribution in [2.24, 2.45) is 0 Å². The summed E-state index contributed by atoms with van der Waals surface area (Å²) < 4.78 is 0.872. The summed E-state index contributed by atoms with van der Waals surface area (Å²) in [7, 11) is 0. The topological polar surface area (TPSA) is 95.3 Å². The molecule has 0 saturated heterocycles. The molecule has 0 spiro atoms. The van der Waals surface area contributed by atoms with Crippen LogP contribution in [0.2, 0.25) is 0 Å². The highest BCUT2D eigenvalue weighted by Gasteiger charge is 2.17. The second-order valence-electron chi connectivity index (χ2n) is 5.51. The molecule has 0 saturated carbocycles. The van der Waals surface area contributed by atoms with Crippen LogP contribution in [0.4, 0.5) is 0 Å². The van der Waals surface area contributed by atoms with E-state index in [4.69, 9.17) is 0 Å². The Kier molecular flexibility index (Phi) is 5.13. The van der Waals surface area contributed by atoms with Crippen LogP contribution in [0.15, 0.2) is 41.2 Å². The molecule has 7 nitrogen and oxygen atoms in total. The molecule has 0 atom stereocenters. The predicted octanol–water partition coefficient (Wildman–Crippen LogP) is 0.185. The number of fused-ring (bicyclic) bond motifs is 1. The number of hydrogen-bond donors (Lipinski definition) is 0. The maximum Gasteiger partial charge on any atom is 0.275 e. The average Bonchev–Trinajstić information content (AvgIpc) is 2.54. The van der Waals surface area contributed by atoms with E-state index in [0.717, 1.165) is 10.3 Å². The third-order valence-electron chi connectivity index (χ3n) is 3.54. The highest BCUT2D eigenvalue weighted by Crippen LogP contribution is 2.12. The van der Waals surface area contributed by atoms with Crippen LogP contribution in [0, 0.1) is 0 Å². The van der Waals surface area contributed by atoms with Crippen molar-refractivity contribution in [1.82, 2.24) is 14.7 Å². The fourth-order valence-corrected chi connectivity index (χ4v) is 2.42. The lowest BCUT2D eigenvalue weighted by atomic mass is 10.1. The maximum atomic E-state index is 12.5. The van der Waals surface area contributed by atoms with E-state index in [2.05, 4.69) is 11.7 Å². The quantitative estimate of drug-likeness (QED) is 0.705. The third kappa shape index (κ3) is 3.51. The van der Waals surface area contributed by atoms with Gasteiger partial charge >= 0.3 is 0 Å². The van der Waals surface area contributed by atoms with Crippen LogP contribution in [0.3, 0.4) is 0 Å². The van der Waals surface area contributed by atoms with Crippen molar-refractivity contribution in [2.75, 3.05) is 13.1 Å². The van der Waals surface area contributed by atoms with Gasteiger partial charge in [-0.15, -0.1) is 0 Å². The van der Waals surface area contributed by atoms with Crippen LogP contribution in [-0.2, 0) is 11.3 Å². The Morgan fingerprint density at radius 1 is 1.29 bits per heavy atom. The Morgan fingerprint density at radius 2 is 1.92 bits per heavy atom. The first-order valence-electron chi connectivity index (χ1n) is 7.48. The zero-order valence-electron chi connectivity index (χ0n) is 13.6. The summed E-state index contributed by atoms with van der Waals surface area (Å²) in [5.74, 6) is -1.84. The summed E-state index contributed by atoms with van der Waals surface area (Å²) in [5, 5.41) is 15.5. The van der Waals surface area contributed by atoms with Gasteiger partial charge in [0.25, 0.3) is 5.56 Å². The van der Waals surface area contributed by atoms with Crippen molar-refractivity contribution >= 4 is 22.6 Å². The summed E-state index contributed by atoms with van der Waals surface area (Å²) in [6.07, 6.45) is 0. The Balaban J connectivity index is 2.47. The predicted molar refractivity (Wildman–Crippen MR) is 87.4 cm³/mol. The maximum absolute atomic E-state index is 12.5. The van der Waals surface area contributed by atoms with Gasteiger partial charge < -0.3 is 14.8 Å². The second-order valence-corrected chi connectivity index (χ2v) is 5.51. The molecule has 0 radical (unpaired) electrons. The minimum atomic E-state index is -1.50. The van der Waals surface area contributed by atoms with Crippen LogP contribution >= 0.6 is 0 Å². The van der Waals surface area contributed by atoms with E-state index < -0.39 is 11.5 Å². The minimum absolute atomic E-state index is 0.183. The molecule has 0 aliphatic rings. The fraction of sp³-hybridized carbons (Fsp3) is 0.294. The molecule has 0 aliphatic heterocycles. The molecule has 0 fully saturated rings. The summed E-state index contributed by atoms with van der Waals surface area (Å²) in [5.41, 5.74) is -0.0734. The van der Waals surface area contributed by atoms with Crippen molar-refractivity contribution in [2.45, 2.75) is 20.4 Å². The van der Waals surface area contributed by atoms with Crippen molar-refractivity contribution in [3.63, 3.8) is 0 Å². The van der Waals surface area contributed by atoms with Crippen LogP contribution in [0.5, 0.6) is 0 Å². The van der Waals surface area contributed by atoms with E-state index in [1.807, 2.05) is 6.92 Å². The second kappa shape index (κ2) is 7.08. The third-order valence-corrected chi connectivity index (χ3v) is 3.54. The van der Waals surface area contributed by atoms with E-state index in [9.17, 15) is 19.5 Å². The standard InChI is InChI=1S/C17H19N3O4/c1-4-19(9-11(2)3)14(21)10-20-16(22)13-8-6-5-7-12(13)15(18-20)17(23)24/h5-8H,2,4,9-10H2,1,3H3,(H,23,24)/p-1. The van der Waals surface area contributed by atoms with Gasteiger partial charge in [-0.25, -0.2) is 4.68 Å². The van der Waals surface area contributed by atoms with Gasteiger partial charge in [-0.3, -0.25) is 9.59 Å². The number of carbonyl (C=O) groups excluding carboxylic acids is 2. The van der Waals surface area contributed by atoms with Gasteiger partial charge in [-0.05, 0) is 19.9 Å². The molecule has 2 rings (SSSR count). The molecule has 0 unspecified atom stereocenters. The van der Waals surface area contributed by atoms with Crippen LogP contribution in [-0.4, -0.2) is 39.6 Å². The number of benzene rings is 1. The number of aromatic nitrogens is 2. The molecule has 1 aromatic heterocycles. The zero-order chi connectivity index (χ0) is 17.9. The van der Waals surface area contributed by atoms with Crippen LogP contribution in [0.1, 0.15) is 24.3 Å². The molecule has 1 amide bonds. The molecule has 2 aromatic rings. The SMILES string of the molecule is C=C(C)CN(CC)C(=O)Cn1nc(C(=O)[O-])c2ccccc2c1=O. The number of aromatic carboxylic acids is 1. The smallest absolute Gasteiger partial charge is 0.275 e. The summed E-state index contributed by atoms with van der Waals surface area (Å²) in [6, 6.07) is 6.21. The number of amides is 1. The molecule has 126 valence electrons. The van der Waals surface area contributed by atoms with Gasteiger partial charge in [0.15, 0.2) is 0 Å². The number of carbonyl (C=O) groups is 2. The minimum Gasteiger partial charge on any atom is -0.543 e. The van der Waals surface area contributed by atoms with Gasteiger partial charge in [0.2, 0.25) is 5.91 Å². The van der Waals surface area contributed by atoms with E-state index >= 15 is 0 Å². The van der Waals surface area contributed by atoms with Crippen molar-refractivity contribution in [3.05, 3.63) is 52.5 Å². The first-order valence-corrected chi connectivity index (χ1v) is 7.48. The lowest BCUT2D eigenvalue weighted by molar-refractivity contribution is -0.255. The summed E-state index contributed by atoms with van der Waals surface area (Å²) >= 11 is 0. The summed E-state index contributed by atoms with van der Waals surface area (Å²) in [6.45, 7) is 7.84. The molecule has 0 aliphatic carbocycles. The Hall–Kier alpha value is -2.96. The first-order chi connectivity index (χ1) is 11.3. The summed E-state index contributed by atoms with van der Waals surface area (Å²) in [4.78, 5) is 37.7. The van der Waals surface area contributed by atoms with E-state index in [1.54, 1.807) is 19.1 Å². The lowest BCUT2D eigenvalue weighted by Gasteiger charge is -2.21. The van der Waals surface area contributed by atoms with Crippen LogP contribution in [0.25, 0.3) is 10.8 Å². The van der Waals surface area contributed by atoms with E-state index in [0.29, 0.717) is 13.1 Å². The zero-order valence-corrected chi connectivity index (χ0v) is 13.6. The molecular weight excluding hydrogens is 310 g/mol. The van der Waals surface area contributed by atoms with Gasteiger partial charge in [0, 0.05) is 18.5 Å². The molecule has 0 bridgehead atoms. The normalized spacial score (nSPS) is 10.6. The Morgan fingerprint density at radius 3 is 2.46 bits per heavy atom. The molecule has 0 N–H and O–H groups in total. The van der Waals surface area contributed by atoms with Gasteiger partial charge in [-0.1, -0.05) is 30.4 Å². The number of likely N-dealkylation sites (N-methyl/N-ethyl adjacent to an activating group) is 1. The Labute approximate surface area is 138 Å². The molecular formula is C17H18N3O4-. The molecule has 7 heteroatoms. The van der Waals surface area contributed by atoms with Gasteiger partial charge in [0.1, 0.15) is 12.2 Å². The Bertz CT molecular complexity index is 870. The van der Waals surface area contributed by atoms with E-state index in [1.165, 1.54) is 17.0 Å². The number of hydrogen-bond acceptors (Lipinski definition) is 5. The fourth-order valence-electron chi connectivity index (χ4n) is 2.42. The van der Waals surface area contributed by atoms with Gasteiger partial charge in [0.05, 0.1) is 11.4 Å². The molecule has 24 heavy (non-hydrogen) atoms. The first kappa shape index (κ1) is 17.4. The number of carboxylic acids is 1. The van der Waals surface area contributed by atoms with Gasteiger partial charge in [-0.2, -0.15) is 5.10 Å². The number of nitrogens with zero attached hydrogens (tertiary/aromatic N) is 3. The molecule has 1 aromatic carbocycles. The van der Waals surface area contributed by atoms with Crippen molar-refractivity contribution in [1.29, 1.82) is 0 Å². The lowest BCUT2D eigenvalue weighted by Crippen LogP contribution is -2.39. The van der Waals surface area contributed by atoms with Crippen LogP contribution < -0.4 is 10.7 Å². The van der Waals surface area contributed by atoms with Crippen molar-refractivity contribution < 1.29 is 14.7 Å². The average molecular weight is 328 g/mol. The number of rotatable bonds is 6. The van der Waals surface area contributed by atoms with Crippen molar-refractivity contribution in [3.8, 4) is 0 Å².